The Labute approximate surface area is 95.0 Å². The molecule has 16 heavy (non-hydrogen) atoms. The van der Waals surface area contributed by atoms with Gasteiger partial charge in [0.1, 0.15) is 5.82 Å². The fourth-order valence-corrected chi connectivity index (χ4v) is 1.55. The highest BCUT2D eigenvalue weighted by Gasteiger charge is 2.17. The number of carbonyl (C=O) groups excluding carboxylic acids is 1. The number of amides is 1. The molecule has 1 rings (SSSR count). The van der Waals surface area contributed by atoms with Crippen LogP contribution in [0.4, 0.5) is 10.1 Å². The van der Waals surface area contributed by atoms with Crippen LogP contribution in [0.5, 0.6) is 0 Å². The molecule has 0 fully saturated rings. The maximum Gasteiger partial charge on any atom is 0.256 e. The van der Waals surface area contributed by atoms with Gasteiger partial charge in [-0.3, -0.25) is 4.79 Å². The maximum atomic E-state index is 13.5. The van der Waals surface area contributed by atoms with Gasteiger partial charge in [0, 0.05) is 18.8 Å². The molecular weight excluding hydrogens is 207 g/mol. The third-order valence-electron chi connectivity index (χ3n) is 2.39. The average Bonchev–Trinajstić information content (AvgIpc) is 2.25. The highest BCUT2D eigenvalue weighted by atomic mass is 19.1. The van der Waals surface area contributed by atoms with E-state index < -0.39 is 5.82 Å². The van der Waals surface area contributed by atoms with Crippen molar-refractivity contribution in [3.05, 3.63) is 29.6 Å². The molecule has 0 spiro atoms. The Morgan fingerprint density at radius 3 is 2.62 bits per heavy atom. The predicted octanol–water partition coefficient (Wildman–Crippen LogP) is 2.28. The number of rotatable bonds is 4. The van der Waals surface area contributed by atoms with Crippen LogP contribution < -0.4 is 5.73 Å². The smallest absolute Gasteiger partial charge is 0.256 e. The van der Waals surface area contributed by atoms with Crippen LogP contribution in [-0.2, 0) is 0 Å². The zero-order chi connectivity index (χ0) is 12.1. The van der Waals surface area contributed by atoms with Gasteiger partial charge in [0.15, 0.2) is 0 Å². The number of hydrogen-bond donors (Lipinski definition) is 1. The second-order valence-corrected chi connectivity index (χ2v) is 3.62. The molecule has 3 nitrogen and oxygen atoms in total. The molecule has 0 aromatic heterocycles. The lowest BCUT2D eigenvalue weighted by atomic mass is 10.1. The van der Waals surface area contributed by atoms with Gasteiger partial charge in [-0.25, -0.2) is 4.39 Å². The zero-order valence-corrected chi connectivity index (χ0v) is 9.66. The number of nitrogens with zero attached hydrogens (tertiary/aromatic N) is 1. The van der Waals surface area contributed by atoms with Gasteiger partial charge in [-0.1, -0.05) is 6.92 Å². The molecule has 0 saturated heterocycles. The molecule has 0 aliphatic carbocycles. The first-order valence-corrected chi connectivity index (χ1v) is 5.44. The molecule has 2 N–H and O–H groups in total. The fraction of sp³-hybridized carbons (Fsp3) is 0.417. The van der Waals surface area contributed by atoms with Crippen molar-refractivity contribution in [1.29, 1.82) is 0 Å². The van der Waals surface area contributed by atoms with Gasteiger partial charge in [-0.15, -0.1) is 0 Å². The Hall–Kier alpha value is -1.58. The van der Waals surface area contributed by atoms with Crippen LogP contribution in [0.3, 0.4) is 0 Å². The van der Waals surface area contributed by atoms with Crippen LogP contribution in [-0.4, -0.2) is 23.9 Å². The summed E-state index contributed by atoms with van der Waals surface area (Å²) in [7, 11) is 0. The van der Waals surface area contributed by atoms with E-state index in [1.165, 1.54) is 18.2 Å². The molecular formula is C12H17FN2O. The molecule has 0 unspecified atom stereocenters. The van der Waals surface area contributed by atoms with Crippen LogP contribution in [0, 0.1) is 5.82 Å². The Kier molecular flexibility index (Phi) is 4.28. The van der Waals surface area contributed by atoms with Crippen molar-refractivity contribution in [3.63, 3.8) is 0 Å². The first kappa shape index (κ1) is 12.5. The van der Waals surface area contributed by atoms with Gasteiger partial charge >= 0.3 is 0 Å². The van der Waals surface area contributed by atoms with E-state index in [1.54, 1.807) is 4.90 Å². The van der Waals surface area contributed by atoms with E-state index in [4.69, 9.17) is 5.73 Å². The first-order chi connectivity index (χ1) is 7.60. The summed E-state index contributed by atoms with van der Waals surface area (Å²) < 4.78 is 13.5. The van der Waals surface area contributed by atoms with Gasteiger partial charge in [-0.2, -0.15) is 0 Å². The van der Waals surface area contributed by atoms with Crippen LogP contribution in [0.25, 0.3) is 0 Å². The molecule has 88 valence electrons. The molecule has 0 aliphatic rings. The molecule has 0 saturated carbocycles. The molecule has 1 aromatic carbocycles. The number of benzene rings is 1. The summed E-state index contributed by atoms with van der Waals surface area (Å²) >= 11 is 0. The van der Waals surface area contributed by atoms with Gasteiger partial charge in [0.05, 0.1) is 5.56 Å². The minimum Gasteiger partial charge on any atom is -0.399 e. The molecule has 1 amide bonds. The average molecular weight is 224 g/mol. The molecule has 0 aliphatic heterocycles. The second-order valence-electron chi connectivity index (χ2n) is 3.62. The number of nitrogen functional groups attached to an aromatic ring is 1. The van der Waals surface area contributed by atoms with Crippen molar-refractivity contribution in [1.82, 2.24) is 4.90 Å². The van der Waals surface area contributed by atoms with E-state index in [9.17, 15) is 9.18 Å². The normalized spacial score (nSPS) is 10.2. The van der Waals surface area contributed by atoms with Crippen molar-refractivity contribution in [3.8, 4) is 0 Å². The quantitative estimate of drug-likeness (QED) is 0.797. The third kappa shape index (κ3) is 2.72. The second kappa shape index (κ2) is 5.49. The zero-order valence-electron chi connectivity index (χ0n) is 9.66. The van der Waals surface area contributed by atoms with Gasteiger partial charge in [0.25, 0.3) is 5.91 Å². The molecule has 0 atom stereocenters. The number of carbonyl (C=O) groups is 1. The lowest BCUT2D eigenvalue weighted by Crippen LogP contribution is -2.32. The fourth-order valence-electron chi connectivity index (χ4n) is 1.55. The SMILES string of the molecule is CCCN(CC)C(=O)c1ccc(N)cc1F. The summed E-state index contributed by atoms with van der Waals surface area (Å²) in [5, 5.41) is 0. The van der Waals surface area contributed by atoms with Gasteiger partial charge in [0.2, 0.25) is 0 Å². The molecule has 0 radical (unpaired) electrons. The van der Waals surface area contributed by atoms with E-state index in [-0.39, 0.29) is 11.5 Å². The molecule has 4 heteroatoms. The van der Waals surface area contributed by atoms with Crippen LogP contribution in [0.2, 0.25) is 0 Å². The maximum absolute atomic E-state index is 13.5. The van der Waals surface area contributed by atoms with Crippen molar-refractivity contribution in [2.75, 3.05) is 18.8 Å². The highest BCUT2D eigenvalue weighted by Crippen LogP contribution is 2.14. The summed E-state index contributed by atoms with van der Waals surface area (Å²) in [6.07, 6.45) is 0.857. The highest BCUT2D eigenvalue weighted by molar-refractivity contribution is 5.94. The minimum atomic E-state index is -0.556. The predicted molar refractivity (Wildman–Crippen MR) is 62.7 cm³/mol. The van der Waals surface area contributed by atoms with E-state index >= 15 is 0 Å². The summed E-state index contributed by atoms with van der Waals surface area (Å²) in [6.45, 7) is 5.08. The van der Waals surface area contributed by atoms with Gasteiger partial charge < -0.3 is 10.6 Å². The summed E-state index contributed by atoms with van der Waals surface area (Å²) in [6, 6.07) is 4.15. The Balaban J connectivity index is 2.94. The number of nitrogens with two attached hydrogens (primary N) is 1. The molecule has 1 aromatic rings. The summed E-state index contributed by atoms with van der Waals surface area (Å²) in [5.74, 6) is -0.832. The number of halogens is 1. The van der Waals surface area contributed by atoms with E-state index in [1.807, 2.05) is 13.8 Å². The van der Waals surface area contributed by atoms with Crippen LogP contribution >= 0.6 is 0 Å². The van der Waals surface area contributed by atoms with E-state index in [0.29, 0.717) is 18.8 Å². The third-order valence-corrected chi connectivity index (χ3v) is 2.39. The number of anilines is 1. The van der Waals surface area contributed by atoms with Crippen molar-refractivity contribution < 1.29 is 9.18 Å². The van der Waals surface area contributed by atoms with Crippen molar-refractivity contribution in [2.24, 2.45) is 0 Å². The topological polar surface area (TPSA) is 46.3 Å². The Morgan fingerprint density at radius 2 is 2.12 bits per heavy atom. The van der Waals surface area contributed by atoms with Crippen LogP contribution in [0.1, 0.15) is 30.6 Å². The molecule has 0 bridgehead atoms. The van der Waals surface area contributed by atoms with Gasteiger partial charge in [-0.05, 0) is 31.5 Å². The lowest BCUT2D eigenvalue weighted by Gasteiger charge is -2.20. The van der Waals surface area contributed by atoms with E-state index in [0.717, 1.165) is 6.42 Å². The Morgan fingerprint density at radius 1 is 1.44 bits per heavy atom. The summed E-state index contributed by atoms with van der Waals surface area (Å²) in [4.78, 5) is 13.6. The monoisotopic (exact) mass is 224 g/mol. The van der Waals surface area contributed by atoms with E-state index in [2.05, 4.69) is 0 Å². The number of hydrogen-bond acceptors (Lipinski definition) is 2. The first-order valence-electron chi connectivity index (χ1n) is 5.44. The standard InChI is InChI=1S/C12H17FN2O/c1-3-7-15(4-2)12(16)10-6-5-9(14)8-11(10)13/h5-6,8H,3-4,7,14H2,1-2H3. The van der Waals surface area contributed by atoms with Crippen LogP contribution in [0.15, 0.2) is 18.2 Å². The van der Waals surface area contributed by atoms with Crippen molar-refractivity contribution in [2.45, 2.75) is 20.3 Å². The molecule has 0 heterocycles. The minimum absolute atomic E-state index is 0.0875. The summed E-state index contributed by atoms with van der Waals surface area (Å²) in [5.41, 5.74) is 5.84. The Bertz CT molecular complexity index is 379. The van der Waals surface area contributed by atoms with Crippen molar-refractivity contribution >= 4 is 11.6 Å². The largest absolute Gasteiger partial charge is 0.399 e. The lowest BCUT2D eigenvalue weighted by molar-refractivity contribution is 0.0760.